The van der Waals surface area contributed by atoms with Crippen molar-refractivity contribution in [3.05, 3.63) is 77.4 Å². The summed E-state index contributed by atoms with van der Waals surface area (Å²) in [6.07, 6.45) is 3.44. The molecule has 6 heteroatoms. The highest BCUT2D eigenvalue weighted by atomic mass is 19.1. The van der Waals surface area contributed by atoms with Gasteiger partial charge in [-0.3, -0.25) is 9.69 Å². The first-order valence-electron chi connectivity index (χ1n) is 7.77. The van der Waals surface area contributed by atoms with E-state index >= 15 is 0 Å². The number of urea groups is 1. The summed E-state index contributed by atoms with van der Waals surface area (Å²) in [5.41, 5.74) is 2.13. The molecule has 1 aliphatic heterocycles. The van der Waals surface area contributed by atoms with Crippen molar-refractivity contribution in [2.45, 2.75) is 6.54 Å². The van der Waals surface area contributed by atoms with Crippen molar-refractivity contribution in [2.24, 2.45) is 0 Å². The van der Waals surface area contributed by atoms with E-state index < -0.39 is 17.8 Å². The van der Waals surface area contributed by atoms with Crippen LogP contribution in [0, 0.1) is 5.82 Å². The van der Waals surface area contributed by atoms with Crippen LogP contribution in [0.2, 0.25) is 0 Å². The number of halogens is 1. The topological polar surface area (TPSA) is 65.2 Å². The molecule has 1 aliphatic rings. The Labute approximate surface area is 142 Å². The molecule has 0 atom stereocenters. The second-order valence-electron chi connectivity index (χ2n) is 5.76. The van der Waals surface area contributed by atoms with E-state index in [4.69, 9.17) is 0 Å². The lowest BCUT2D eigenvalue weighted by molar-refractivity contribution is -0.123. The lowest BCUT2D eigenvalue weighted by Gasteiger charge is -2.12. The molecule has 25 heavy (non-hydrogen) atoms. The lowest BCUT2D eigenvalue weighted by Crippen LogP contribution is -2.30. The number of H-pyrrole nitrogens is 1. The first-order chi connectivity index (χ1) is 12.1. The molecule has 2 aromatic carbocycles. The Morgan fingerprint density at radius 3 is 2.72 bits per heavy atom. The molecule has 2 N–H and O–H groups in total. The Bertz CT molecular complexity index is 1020. The van der Waals surface area contributed by atoms with Crippen molar-refractivity contribution in [3.8, 4) is 0 Å². The van der Waals surface area contributed by atoms with E-state index in [0.717, 1.165) is 21.4 Å². The van der Waals surface area contributed by atoms with Crippen molar-refractivity contribution in [3.63, 3.8) is 0 Å². The van der Waals surface area contributed by atoms with Crippen molar-refractivity contribution in [1.82, 2.24) is 15.2 Å². The maximum absolute atomic E-state index is 13.8. The zero-order valence-electron chi connectivity index (χ0n) is 13.1. The zero-order valence-corrected chi connectivity index (χ0v) is 13.1. The lowest BCUT2D eigenvalue weighted by atomic mass is 10.1. The average Bonchev–Trinajstić information content (AvgIpc) is 3.18. The van der Waals surface area contributed by atoms with Crippen LogP contribution in [-0.2, 0) is 11.3 Å². The number of aromatic amines is 1. The van der Waals surface area contributed by atoms with E-state index in [9.17, 15) is 14.0 Å². The van der Waals surface area contributed by atoms with E-state index in [-0.39, 0.29) is 12.2 Å². The summed E-state index contributed by atoms with van der Waals surface area (Å²) in [6, 6.07) is 13.1. The summed E-state index contributed by atoms with van der Waals surface area (Å²) in [5, 5.41) is 3.57. The third kappa shape index (κ3) is 2.67. The standard InChI is InChI=1S/C19H14FN3O2/c20-15-7-2-1-4-14(15)11-23-18(24)16(22-19(23)25)10-13-6-3-5-12-8-9-21-17(12)13/h1-10,21H,11H2,(H,22,25)/b16-10+. The van der Waals surface area contributed by atoms with Gasteiger partial charge in [-0.05, 0) is 23.6 Å². The van der Waals surface area contributed by atoms with Crippen LogP contribution in [0.1, 0.15) is 11.1 Å². The summed E-state index contributed by atoms with van der Waals surface area (Å²) in [5.74, 6) is -0.923. The Morgan fingerprint density at radius 1 is 1.04 bits per heavy atom. The Balaban J connectivity index is 1.65. The minimum absolute atomic E-state index is 0.110. The van der Waals surface area contributed by atoms with Crippen LogP contribution < -0.4 is 5.32 Å². The van der Waals surface area contributed by atoms with Crippen molar-refractivity contribution < 1.29 is 14.0 Å². The summed E-state index contributed by atoms with van der Waals surface area (Å²) < 4.78 is 13.8. The molecule has 0 radical (unpaired) electrons. The van der Waals surface area contributed by atoms with Gasteiger partial charge >= 0.3 is 6.03 Å². The summed E-state index contributed by atoms with van der Waals surface area (Å²) >= 11 is 0. The number of amides is 3. The minimum Gasteiger partial charge on any atom is -0.361 e. The fourth-order valence-electron chi connectivity index (χ4n) is 2.90. The number of carbonyl (C=O) groups excluding carboxylic acids is 2. The molecular weight excluding hydrogens is 321 g/mol. The summed E-state index contributed by atoms with van der Waals surface area (Å²) in [4.78, 5) is 28.8. The van der Waals surface area contributed by atoms with Crippen LogP contribution in [0.3, 0.4) is 0 Å². The predicted molar refractivity (Wildman–Crippen MR) is 91.8 cm³/mol. The molecule has 0 aliphatic carbocycles. The highest BCUT2D eigenvalue weighted by Gasteiger charge is 2.34. The van der Waals surface area contributed by atoms with Gasteiger partial charge in [0.15, 0.2) is 0 Å². The third-order valence-corrected chi connectivity index (χ3v) is 4.17. The number of hydrogen-bond donors (Lipinski definition) is 2. The quantitative estimate of drug-likeness (QED) is 0.569. The predicted octanol–water partition coefficient (Wildman–Crippen LogP) is 3.40. The maximum atomic E-state index is 13.8. The van der Waals surface area contributed by atoms with Crippen LogP contribution in [0.5, 0.6) is 0 Å². The largest absolute Gasteiger partial charge is 0.361 e. The Hall–Kier alpha value is -3.41. The molecule has 5 nitrogen and oxygen atoms in total. The van der Waals surface area contributed by atoms with Gasteiger partial charge in [-0.25, -0.2) is 9.18 Å². The Kier molecular flexibility index (Phi) is 3.57. The number of fused-ring (bicyclic) bond motifs is 1. The van der Waals surface area contributed by atoms with Gasteiger partial charge in [0, 0.05) is 17.3 Å². The van der Waals surface area contributed by atoms with E-state index in [0.29, 0.717) is 5.56 Å². The summed E-state index contributed by atoms with van der Waals surface area (Å²) in [7, 11) is 0. The van der Waals surface area contributed by atoms with Crippen LogP contribution in [0.15, 0.2) is 60.4 Å². The van der Waals surface area contributed by atoms with Crippen molar-refractivity contribution in [1.29, 1.82) is 0 Å². The number of aromatic nitrogens is 1. The minimum atomic E-state index is -0.557. The first kappa shape index (κ1) is 15.1. The second-order valence-corrected chi connectivity index (χ2v) is 5.76. The number of nitrogens with one attached hydrogen (secondary N) is 2. The molecule has 3 aromatic rings. The van der Waals surface area contributed by atoms with Gasteiger partial charge in [-0.1, -0.05) is 36.4 Å². The molecule has 0 saturated carbocycles. The number of para-hydroxylation sites is 1. The van der Waals surface area contributed by atoms with E-state index in [1.165, 1.54) is 6.07 Å². The monoisotopic (exact) mass is 335 g/mol. The SMILES string of the molecule is O=C1N/C(=C/c2cccc3cc[nH]c23)C(=O)N1Cc1ccccc1F. The summed E-state index contributed by atoms with van der Waals surface area (Å²) in [6.45, 7) is -0.110. The van der Waals surface area contributed by atoms with E-state index in [2.05, 4.69) is 10.3 Å². The second kappa shape index (κ2) is 5.90. The first-order valence-corrected chi connectivity index (χ1v) is 7.77. The third-order valence-electron chi connectivity index (χ3n) is 4.17. The zero-order chi connectivity index (χ0) is 17.4. The molecule has 3 amide bonds. The average molecular weight is 335 g/mol. The van der Waals surface area contributed by atoms with Crippen LogP contribution in [-0.4, -0.2) is 21.8 Å². The molecule has 1 aromatic heterocycles. The normalized spacial score (nSPS) is 16.0. The van der Waals surface area contributed by atoms with Crippen LogP contribution >= 0.6 is 0 Å². The van der Waals surface area contributed by atoms with Gasteiger partial charge in [0.05, 0.1) is 12.1 Å². The number of benzene rings is 2. The molecule has 0 unspecified atom stereocenters. The molecule has 0 spiro atoms. The van der Waals surface area contributed by atoms with Gasteiger partial charge in [0.2, 0.25) is 0 Å². The Morgan fingerprint density at radius 2 is 1.88 bits per heavy atom. The molecule has 1 fully saturated rings. The van der Waals surface area contributed by atoms with Crippen LogP contribution in [0.25, 0.3) is 17.0 Å². The van der Waals surface area contributed by atoms with Gasteiger partial charge in [-0.15, -0.1) is 0 Å². The maximum Gasteiger partial charge on any atom is 0.329 e. The smallest absolute Gasteiger partial charge is 0.329 e. The number of nitrogens with zero attached hydrogens (tertiary/aromatic N) is 1. The molecule has 2 heterocycles. The number of rotatable bonds is 3. The highest BCUT2D eigenvalue weighted by molar-refractivity contribution is 6.14. The van der Waals surface area contributed by atoms with E-state index in [1.54, 1.807) is 24.3 Å². The van der Waals surface area contributed by atoms with Crippen molar-refractivity contribution >= 4 is 28.9 Å². The van der Waals surface area contributed by atoms with Gasteiger partial charge < -0.3 is 10.3 Å². The highest BCUT2D eigenvalue weighted by Crippen LogP contribution is 2.22. The number of imide groups is 1. The number of hydrogen-bond acceptors (Lipinski definition) is 2. The molecular formula is C19H14FN3O2. The van der Waals surface area contributed by atoms with Crippen LogP contribution in [0.4, 0.5) is 9.18 Å². The molecule has 1 saturated heterocycles. The fraction of sp³-hybridized carbons (Fsp3) is 0.0526. The number of carbonyl (C=O) groups is 2. The van der Waals surface area contributed by atoms with Crippen molar-refractivity contribution in [2.75, 3.05) is 0 Å². The van der Waals surface area contributed by atoms with Gasteiger partial charge in [0.1, 0.15) is 11.5 Å². The molecule has 0 bridgehead atoms. The fourth-order valence-corrected chi connectivity index (χ4v) is 2.90. The van der Waals surface area contributed by atoms with Gasteiger partial charge in [0.25, 0.3) is 5.91 Å². The van der Waals surface area contributed by atoms with Gasteiger partial charge in [-0.2, -0.15) is 0 Å². The molecule has 124 valence electrons. The molecule has 4 rings (SSSR count). The van der Waals surface area contributed by atoms with E-state index in [1.807, 2.05) is 30.5 Å².